The molecule has 0 N–H and O–H groups in total. The maximum absolute atomic E-state index is 10.7. The molecule has 0 amide bonds. The van der Waals surface area contributed by atoms with E-state index in [1.165, 1.54) is 23.9 Å². The Labute approximate surface area is 147 Å². The van der Waals surface area contributed by atoms with Crippen molar-refractivity contribution in [2.75, 3.05) is 0 Å². The van der Waals surface area contributed by atoms with E-state index in [0.29, 0.717) is 10.8 Å². The Morgan fingerprint density at radius 3 is 2.42 bits per heavy atom. The van der Waals surface area contributed by atoms with E-state index < -0.39 is 4.92 Å². The van der Waals surface area contributed by atoms with Gasteiger partial charge in [0.15, 0.2) is 11.0 Å². The largest absolute Gasteiger partial charge is 0.305 e. The Kier molecular flexibility index (Phi) is 4.82. The fraction of sp³-hybridized carbons (Fsp3) is 0.125. The molecular weight excluding hydrogens is 348 g/mol. The number of benzene rings is 2. The summed E-state index contributed by atoms with van der Waals surface area (Å²) in [4.78, 5) is 10.3. The van der Waals surface area contributed by atoms with Crippen molar-refractivity contribution < 1.29 is 4.92 Å². The van der Waals surface area contributed by atoms with Gasteiger partial charge in [-0.2, -0.15) is 0 Å². The van der Waals surface area contributed by atoms with Crippen molar-refractivity contribution in [2.45, 2.75) is 10.9 Å². The molecule has 0 spiro atoms. The topological polar surface area (TPSA) is 73.8 Å². The summed E-state index contributed by atoms with van der Waals surface area (Å²) in [5.41, 5.74) is 2.02. The third-order valence-corrected chi connectivity index (χ3v) is 4.80. The Hall–Kier alpha value is -2.38. The van der Waals surface area contributed by atoms with Gasteiger partial charge in [-0.3, -0.25) is 10.1 Å². The number of rotatable bonds is 5. The normalized spacial score (nSPS) is 10.8. The van der Waals surface area contributed by atoms with Crippen molar-refractivity contribution in [3.63, 3.8) is 0 Å². The number of non-ortho nitro benzene ring substituents is 1. The molecule has 0 aliphatic carbocycles. The van der Waals surface area contributed by atoms with Gasteiger partial charge in [0.05, 0.1) is 4.92 Å². The standard InChI is InChI=1S/C16H13ClN4O2S/c1-20-15(12-4-6-13(17)7-5-12)18-19-16(20)24-10-11-2-8-14(9-3-11)21(22)23/h2-9H,10H2,1H3. The summed E-state index contributed by atoms with van der Waals surface area (Å²) >= 11 is 7.43. The second-order valence-corrected chi connectivity index (χ2v) is 6.46. The molecule has 122 valence electrons. The summed E-state index contributed by atoms with van der Waals surface area (Å²) in [6, 6.07) is 13.9. The molecule has 0 fully saturated rings. The maximum Gasteiger partial charge on any atom is 0.269 e. The zero-order valence-corrected chi connectivity index (χ0v) is 14.3. The molecular formula is C16H13ClN4O2S. The van der Waals surface area contributed by atoms with Gasteiger partial charge in [0.25, 0.3) is 5.69 Å². The van der Waals surface area contributed by atoms with E-state index in [2.05, 4.69) is 10.2 Å². The molecule has 1 heterocycles. The van der Waals surface area contributed by atoms with Crippen LogP contribution in [-0.2, 0) is 12.8 Å². The number of nitrogens with zero attached hydrogens (tertiary/aromatic N) is 4. The summed E-state index contributed by atoms with van der Waals surface area (Å²) in [7, 11) is 1.90. The molecule has 0 unspecified atom stereocenters. The Morgan fingerprint density at radius 2 is 1.79 bits per heavy atom. The first-order chi connectivity index (χ1) is 11.5. The van der Waals surface area contributed by atoms with Gasteiger partial charge in [-0.1, -0.05) is 35.5 Å². The summed E-state index contributed by atoms with van der Waals surface area (Å²) in [5.74, 6) is 1.42. The van der Waals surface area contributed by atoms with E-state index in [9.17, 15) is 10.1 Å². The van der Waals surface area contributed by atoms with Crippen LogP contribution in [0.5, 0.6) is 0 Å². The second kappa shape index (κ2) is 7.02. The quantitative estimate of drug-likeness (QED) is 0.384. The minimum atomic E-state index is -0.405. The van der Waals surface area contributed by atoms with Crippen LogP contribution < -0.4 is 0 Å². The van der Waals surface area contributed by atoms with Crippen molar-refractivity contribution in [1.29, 1.82) is 0 Å². The Bertz CT molecular complexity index is 863. The van der Waals surface area contributed by atoms with Crippen LogP contribution in [0.3, 0.4) is 0 Å². The van der Waals surface area contributed by atoms with E-state index in [1.54, 1.807) is 12.1 Å². The van der Waals surface area contributed by atoms with Crippen LogP contribution in [0.4, 0.5) is 5.69 Å². The first-order valence-corrected chi connectivity index (χ1v) is 8.42. The number of hydrogen-bond acceptors (Lipinski definition) is 5. The van der Waals surface area contributed by atoms with Crippen LogP contribution >= 0.6 is 23.4 Å². The molecule has 0 bridgehead atoms. The summed E-state index contributed by atoms with van der Waals surface area (Å²) < 4.78 is 1.92. The average molecular weight is 361 g/mol. The van der Waals surface area contributed by atoms with Crippen LogP contribution in [0.1, 0.15) is 5.56 Å². The van der Waals surface area contributed by atoms with E-state index in [-0.39, 0.29) is 5.69 Å². The van der Waals surface area contributed by atoms with Gasteiger partial charge < -0.3 is 4.57 Å². The molecule has 2 aromatic carbocycles. The summed E-state index contributed by atoms with van der Waals surface area (Å²) in [6.45, 7) is 0. The third-order valence-electron chi connectivity index (χ3n) is 3.45. The lowest BCUT2D eigenvalue weighted by molar-refractivity contribution is -0.384. The lowest BCUT2D eigenvalue weighted by atomic mass is 10.2. The smallest absolute Gasteiger partial charge is 0.269 e. The van der Waals surface area contributed by atoms with Crippen LogP contribution in [0.15, 0.2) is 53.7 Å². The summed E-state index contributed by atoms with van der Waals surface area (Å²) in [5, 5.41) is 20.6. The van der Waals surface area contributed by atoms with E-state index >= 15 is 0 Å². The molecule has 0 aliphatic heterocycles. The fourth-order valence-corrected chi connectivity index (χ4v) is 3.15. The highest BCUT2D eigenvalue weighted by Gasteiger charge is 2.12. The molecule has 0 saturated carbocycles. The SMILES string of the molecule is Cn1c(SCc2ccc([N+](=O)[O-])cc2)nnc1-c1ccc(Cl)cc1. The number of nitro groups is 1. The fourth-order valence-electron chi connectivity index (χ4n) is 2.15. The molecule has 0 aliphatic rings. The number of halogens is 1. The van der Waals surface area contributed by atoms with Gasteiger partial charge in [-0.15, -0.1) is 10.2 Å². The van der Waals surface area contributed by atoms with Crippen molar-refractivity contribution in [1.82, 2.24) is 14.8 Å². The van der Waals surface area contributed by atoms with Crippen molar-refractivity contribution in [3.05, 3.63) is 69.2 Å². The van der Waals surface area contributed by atoms with E-state index in [0.717, 1.165) is 22.1 Å². The molecule has 1 aromatic heterocycles. The molecule has 3 aromatic rings. The number of thioether (sulfide) groups is 1. The molecule has 24 heavy (non-hydrogen) atoms. The van der Waals surface area contributed by atoms with E-state index in [4.69, 9.17) is 11.6 Å². The first kappa shape index (κ1) is 16.5. The minimum Gasteiger partial charge on any atom is -0.305 e. The first-order valence-electron chi connectivity index (χ1n) is 7.06. The molecule has 6 nitrogen and oxygen atoms in total. The average Bonchev–Trinajstić information content (AvgIpc) is 2.95. The highest BCUT2D eigenvalue weighted by molar-refractivity contribution is 7.98. The van der Waals surface area contributed by atoms with Crippen molar-refractivity contribution >= 4 is 29.1 Å². The predicted octanol–water partition coefficient (Wildman–Crippen LogP) is 4.34. The van der Waals surface area contributed by atoms with E-state index in [1.807, 2.05) is 35.9 Å². The monoisotopic (exact) mass is 360 g/mol. The molecule has 0 saturated heterocycles. The lowest BCUT2D eigenvalue weighted by Gasteiger charge is -2.04. The molecule has 0 radical (unpaired) electrons. The van der Waals surface area contributed by atoms with Crippen LogP contribution in [0.2, 0.25) is 5.02 Å². The minimum absolute atomic E-state index is 0.0902. The van der Waals surface area contributed by atoms with Crippen LogP contribution in [-0.4, -0.2) is 19.7 Å². The van der Waals surface area contributed by atoms with Gasteiger partial charge in [0.1, 0.15) is 0 Å². The number of nitro benzene ring substituents is 1. The number of aromatic nitrogens is 3. The maximum atomic E-state index is 10.7. The van der Waals surface area contributed by atoms with Crippen molar-refractivity contribution in [2.24, 2.45) is 7.05 Å². The third kappa shape index (κ3) is 3.58. The van der Waals surface area contributed by atoms with Gasteiger partial charge in [-0.25, -0.2) is 0 Å². The number of hydrogen-bond donors (Lipinski definition) is 0. The highest BCUT2D eigenvalue weighted by atomic mass is 35.5. The lowest BCUT2D eigenvalue weighted by Crippen LogP contribution is -1.95. The zero-order valence-electron chi connectivity index (χ0n) is 12.7. The van der Waals surface area contributed by atoms with Gasteiger partial charge >= 0.3 is 0 Å². The highest BCUT2D eigenvalue weighted by Crippen LogP contribution is 2.26. The Morgan fingerprint density at radius 1 is 1.12 bits per heavy atom. The van der Waals surface area contributed by atoms with Gasteiger partial charge in [0, 0.05) is 35.5 Å². The van der Waals surface area contributed by atoms with Gasteiger partial charge in [-0.05, 0) is 29.8 Å². The summed E-state index contributed by atoms with van der Waals surface area (Å²) in [6.07, 6.45) is 0. The second-order valence-electron chi connectivity index (χ2n) is 5.08. The molecule has 0 atom stereocenters. The van der Waals surface area contributed by atoms with Crippen molar-refractivity contribution in [3.8, 4) is 11.4 Å². The Balaban J connectivity index is 1.72. The zero-order chi connectivity index (χ0) is 17.1. The van der Waals surface area contributed by atoms with Gasteiger partial charge in [0.2, 0.25) is 0 Å². The van der Waals surface area contributed by atoms with Crippen LogP contribution in [0.25, 0.3) is 11.4 Å². The molecule has 8 heteroatoms. The molecule has 3 rings (SSSR count). The van der Waals surface area contributed by atoms with Crippen LogP contribution in [0, 0.1) is 10.1 Å². The predicted molar refractivity (Wildman–Crippen MR) is 94.1 cm³/mol.